The minimum Gasteiger partial charge on any atom is -0.507 e. The molecule has 162 valence electrons. The molecule has 1 aliphatic heterocycles. The average molecular weight is 511 g/mol. The van der Waals surface area contributed by atoms with Gasteiger partial charge in [-0.1, -0.05) is 58.5 Å². The Kier molecular flexibility index (Phi) is 6.19. The van der Waals surface area contributed by atoms with Crippen LogP contribution in [-0.2, 0) is 9.59 Å². The van der Waals surface area contributed by atoms with Crippen molar-refractivity contribution in [3.8, 4) is 0 Å². The molecule has 3 aromatic rings. The van der Waals surface area contributed by atoms with Crippen LogP contribution in [0.2, 0.25) is 20.1 Å². The van der Waals surface area contributed by atoms with Crippen molar-refractivity contribution in [1.29, 1.82) is 0 Å². The van der Waals surface area contributed by atoms with Gasteiger partial charge in [0.15, 0.2) is 0 Å². The lowest BCUT2D eigenvalue weighted by Crippen LogP contribution is -2.29. The summed E-state index contributed by atoms with van der Waals surface area (Å²) < 4.78 is 13.6. The van der Waals surface area contributed by atoms with Gasteiger partial charge in [0.05, 0.1) is 21.7 Å². The topological polar surface area (TPSA) is 57.6 Å². The van der Waals surface area contributed by atoms with Gasteiger partial charge in [0.25, 0.3) is 11.7 Å². The van der Waals surface area contributed by atoms with Crippen LogP contribution >= 0.6 is 46.4 Å². The van der Waals surface area contributed by atoms with Gasteiger partial charge in [-0.25, -0.2) is 4.39 Å². The summed E-state index contributed by atoms with van der Waals surface area (Å²) in [5.41, 5.74) is 0.625. The van der Waals surface area contributed by atoms with E-state index in [0.29, 0.717) is 5.56 Å². The number of rotatable bonds is 3. The summed E-state index contributed by atoms with van der Waals surface area (Å²) >= 11 is 24.2. The molecule has 1 atom stereocenters. The number of ketones is 1. The van der Waals surface area contributed by atoms with Gasteiger partial charge in [0.1, 0.15) is 11.6 Å². The number of nitrogens with zero attached hydrogens (tertiary/aromatic N) is 1. The fraction of sp³-hybridized carbons (Fsp3) is 0.0435. The number of hydrogen-bond acceptors (Lipinski definition) is 3. The molecule has 1 N–H and O–H groups in total. The van der Waals surface area contributed by atoms with E-state index in [-0.39, 0.29) is 36.9 Å². The molecule has 1 heterocycles. The predicted molar refractivity (Wildman–Crippen MR) is 124 cm³/mol. The third kappa shape index (κ3) is 4.09. The summed E-state index contributed by atoms with van der Waals surface area (Å²) in [6, 6.07) is 12.9. The van der Waals surface area contributed by atoms with Gasteiger partial charge in [-0.15, -0.1) is 0 Å². The second-order valence-corrected chi connectivity index (χ2v) is 8.66. The van der Waals surface area contributed by atoms with Crippen LogP contribution < -0.4 is 4.90 Å². The Morgan fingerprint density at radius 1 is 0.844 bits per heavy atom. The Hall–Kier alpha value is -2.57. The second-order valence-electron chi connectivity index (χ2n) is 6.98. The number of carbonyl (C=O) groups excluding carboxylic acids is 2. The van der Waals surface area contributed by atoms with Crippen LogP contribution in [0.15, 0.2) is 66.2 Å². The zero-order valence-electron chi connectivity index (χ0n) is 16.0. The molecule has 9 heteroatoms. The van der Waals surface area contributed by atoms with Crippen molar-refractivity contribution >= 4 is 69.5 Å². The zero-order chi connectivity index (χ0) is 23.2. The van der Waals surface area contributed by atoms with Gasteiger partial charge < -0.3 is 5.11 Å². The Labute approximate surface area is 202 Å². The van der Waals surface area contributed by atoms with Crippen LogP contribution in [0.5, 0.6) is 0 Å². The van der Waals surface area contributed by atoms with Crippen LogP contribution in [0.1, 0.15) is 17.2 Å². The largest absolute Gasteiger partial charge is 0.507 e. The lowest BCUT2D eigenvalue weighted by Gasteiger charge is -2.25. The minimum atomic E-state index is -1.07. The molecule has 32 heavy (non-hydrogen) atoms. The van der Waals surface area contributed by atoms with Crippen molar-refractivity contribution in [2.45, 2.75) is 6.04 Å². The first-order valence-corrected chi connectivity index (χ1v) is 10.7. The molecule has 4 nitrogen and oxygen atoms in total. The van der Waals surface area contributed by atoms with E-state index in [2.05, 4.69) is 0 Å². The fourth-order valence-corrected chi connectivity index (χ4v) is 4.35. The normalized spacial score (nSPS) is 17.8. The molecule has 1 unspecified atom stereocenters. The first kappa shape index (κ1) is 22.6. The monoisotopic (exact) mass is 509 g/mol. The number of anilines is 1. The van der Waals surface area contributed by atoms with E-state index in [1.807, 2.05) is 0 Å². The summed E-state index contributed by atoms with van der Waals surface area (Å²) in [5.74, 6) is -2.79. The number of aliphatic hydroxyl groups is 1. The molecule has 1 amide bonds. The highest BCUT2D eigenvalue weighted by atomic mass is 35.5. The number of aliphatic hydroxyl groups excluding tert-OH is 1. The number of amides is 1. The molecular formula is C23H12Cl4FNO3. The van der Waals surface area contributed by atoms with E-state index >= 15 is 0 Å². The summed E-state index contributed by atoms with van der Waals surface area (Å²) in [4.78, 5) is 27.3. The van der Waals surface area contributed by atoms with Crippen molar-refractivity contribution in [3.05, 3.63) is 103 Å². The average Bonchev–Trinajstić information content (AvgIpc) is 3.00. The summed E-state index contributed by atoms with van der Waals surface area (Å²) in [6.07, 6.45) is 0. The van der Waals surface area contributed by atoms with Crippen molar-refractivity contribution in [1.82, 2.24) is 0 Å². The standard InChI is InChI=1S/C23H12Cl4FNO3/c24-13-8-14(25)10-16(9-13)29-20(11-1-4-15(28)5-2-11)19(22(31)23(29)32)21(30)12-3-6-17(26)18(27)7-12/h1-10,20,30H/b21-19+. The van der Waals surface area contributed by atoms with E-state index in [4.69, 9.17) is 46.4 Å². The smallest absolute Gasteiger partial charge is 0.300 e. The fourth-order valence-electron chi connectivity index (χ4n) is 3.54. The van der Waals surface area contributed by atoms with E-state index in [0.717, 1.165) is 4.90 Å². The summed E-state index contributed by atoms with van der Waals surface area (Å²) in [7, 11) is 0. The van der Waals surface area contributed by atoms with E-state index in [9.17, 15) is 19.1 Å². The minimum absolute atomic E-state index is 0.157. The van der Waals surface area contributed by atoms with Crippen molar-refractivity contribution in [2.24, 2.45) is 0 Å². The quantitative estimate of drug-likeness (QED) is 0.233. The molecule has 3 aromatic carbocycles. The molecule has 1 aliphatic rings. The zero-order valence-corrected chi connectivity index (χ0v) is 19.0. The van der Waals surface area contributed by atoms with Crippen LogP contribution in [0.4, 0.5) is 10.1 Å². The van der Waals surface area contributed by atoms with Gasteiger partial charge in [-0.3, -0.25) is 14.5 Å². The molecule has 4 rings (SSSR count). The Bertz CT molecular complexity index is 1270. The van der Waals surface area contributed by atoms with Crippen LogP contribution in [0.25, 0.3) is 5.76 Å². The lowest BCUT2D eigenvalue weighted by atomic mass is 9.95. The maximum absolute atomic E-state index is 13.6. The van der Waals surface area contributed by atoms with Gasteiger partial charge in [0, 0.05) is 21.3 Å². The molecule has 1 fully saturated rings. The summed E-state index contributed by atoms with van der Waals surface area (Å²) in [5, 5.41) is 11.9. The number of carbonyl (C=O) groups is 2. The molecular weight excluding hydrogens is 499 g/mol. The Morgan fingerprint density at radius 2 is 1.47 bits per heavy atom. The molecule has 1 saturated heterocycles. The molecule has 0 spiro atoms. The number of benzene rings is 3. The highest BCUT2D eigenvalue weighted by Gasteiger charge is 2.47. The van der Waals surface area contributed by atoms with Crippen molar-refractivity contribution in [2.75, 3.05) is 4.90 Å². The maximum atomic E-state index is 13.6. The number of Topliss-reactive ketones (excluding diaryl/α,β-unsaturated/α-hetero) is 1. The first-order valence-electron chi connectivity index (χ1n) is 9.15. The van der Waals surface area contributed by atoms with E-state index in [1.165, 1.54) is 60.7 Å². The Balaban J connectivity index is 1.97. The van der Waals surface area contributed by atoms with Crippen molar-refractivity contribution < 1.29 is 19.1 Å². The molecule has 0 bridgehead atoms. The van der Waals surface area contributed by atoms with Gasteiger partial charge >= 0.3 is 0 Å². The highest BCUT2D eigenvalue weighted by molar-refractivity contribution is 6.52. The highest BCUT2D eigenvalue weighted by Crippen LogP contribution is 2.43. The molecule has 0 saturated carbocycles. The van der Waals surface area contributed by atoms with Gasteiger partial charge in [-0.05, 0) is 54.1 Å². The maximum Gasteiger partial charge on any atom is 0.300 e. The molecule has 0 aliphatic carbocycles. The second kappa shape index (κ2) is 8.75. The third-order valence-electron chi connectivity index (χ3n) is 4.95. The van der Waals surface area contributed by atoms with E-state index in [1.54, 1.807) is 0 Å². The lowest BCUT2D eigenvalue weighted by molar-refractivity contribution is -0.132. The molecule has 0 aromatic heterocycles. The number of hydrogen-bond donors (Lipinski definition) is 1. The van der Waals surface area contributed by atoms with Crippen LogP contribution in [0.3, 0.4) is 0 Å². The SMILES string of the molecule is O=C1C(=O)N(c2cc(Cl)cc(Cl)c2)C(c2ccc(F)cc2)/C1=C(\O)c1ccc(Cl)c(Cl)c1. The third-order valence-corrected chi connectivity index (χ3v) is 6.12. The van der Waals surface area contributed by atoms with Crippen LogP contribution in [-0.4, -0.2) is 16.8 Å². The summed E-state index contributed by atoms with van der Waals surface area (Å²) in [6.45, 7) is 0. The van der Waals surface area contributed by atoms with E-state index < -0.39 is 29.3 Å². The number of halogens is 5. The van der Waals surface area contributed by atoms with Gasteiger partial charge in [-0.2, -0.15) is 0 Å². The van der Waals surface area contributed by atoms with Crippen molar-refractivity contribution in [3.63, 3.8) is 0 Å². The van der Waals surface area contributed by atoms with Crippen LogP contribution in [0, 0.1) is 5.82 Å². The first-order chi connectivity index (χ1) is 15.2. The van der Waals surface area contributed by atoms with Gasteiger partial charge in [0.2, 0.25) is 0 Å². The molecule has 0 radical (unpaired) electrons. The predicted octanol–water partition coefficient (Wildman–Crippen LogP) is 7.07. The Morgan fingerprint density at radius 3 is 2.06 bits per heavy atom.